The average molecular weight is 225 g/mol. The molecule has 0 fully saturated rings. The molecule has 3 N–H and O–H groups in total. The summed E-state index contributed by atoms with van der Waals surface area (Å²) in [6.45, 7) is 1.31. The second-order valence-corrected chi connectivity index (χ2v) is 3.62. The first-order valence-electron chi connectivity index (χ1n) is 4.56. The Labute approximate surface area is 90.2 Å². The zero-order chi connectivity index (χ0) is 11.9. The summed E-state index contributed by atoms with van der Waals surface area (Å²) in [5, 5.41) is 2.22. The van der Waals surface area contributed by atoms with Crippen molar-refractivity contribution in [3.8, 4) is 0 Å². The van der Waals surface area contributed by atoms with Crippen LogP contribution in [0.4, 0.5) is 8.78 Å². The minimum atomic E-state index is -1.64. The molecule has 84 valence electrons. The van der Waals surface area contributed by atoms with E-state index in [0.29, 0.717) is 0 Å². The molecule has 1 heterocycles. The first-order chi connectivity index (χ1) is 7.45. The number of halogens is 2. The fourth-order valence-corrected chi connectivity index (χ4v) is 1.69. The van der Waals surface area contributed by atoms with Gasteiger partial charge in [-0.1, -0.05) is 6.07 Å². The normalized spacial score (nSPS) is 24.2. The second kappa shape index (κ2) is 3.26. The lowest BCUT2D eigenvalue weighted by Gasteiger charge is -2.19. The molecule has 0 saturated heterocycles. The fourth-order valence-electron chi connectivity index (χ4n) is 1.69. The molecule has 0 aromatic heterocycles. The molecule has 1 amide bonds. The van der Waals surface area contributed by atoms with E-state index in [4.69, 9.17) is 5.73 Å². The fraction of sp³-hybridized carbons (Fsp3) is 0.200. The number of aliphatic imine (C=N–C) groups is 1. The van der Waals surface area contributed by atoms with Crippen LogP contribution < -0.4 is 11.1 Å². The number of nitrogens with two attached hydrogens (primary N) is 1. The molecule has 0 saturated carbocycles. The van der Waals surface area contributed by atoms with Gasteiger partial charge in [0.05, 0.1) is 5.56 Å². The number of nitrogens with one attached hydrogen (secondary N) is 1. The van der Waals surface area contributed by atoms with Crippen molar-refractivity contribution in [2.24, 2.45) is 10.7 Å². The molecular weight excluding hydrogens is 216 g/mol. The highest BCUT2D eigenvalue weighted by atomic mass is 19.1. The Balaban J connectivity index is 2.64. The molecule has 2 rings (SSSR count). The SMILES string of the molecule is CC1(c2c(F)cccc2F)N=C(N)NC1=O. The predicted octanol–water partition coefficient (Wildman–Crippen LogP) is 0.625. The minimum Gasteiger partial charge on any atom is -0.370 e. The van der Waals surface area contributed by atoms with Crippen LogP contribution in [-0.4, -0.2) is 11.9 Å². The summed E-state index contributed by atoms with van der Waals surface area (Å²) >= 11 is 0. The zero-order valence-corrected chi connectivity index (χ0v) is 8.42. The Morgan fingerprint density at radius 3 is 2.38 bits per heavy atom. The first kappa shape index (κ1) is 10.5. The van der Waals surface area contributed by atoms with Gasteiger partial charge in [-0.15, -0.1) is 0 Å². The molecular formula is C10H9F2N3O. The molecule has 1 aromatic carbocycles. The van der Waals surface area contributed by atoms with Gasteiger partial charge in [0.1, 0.15) is 11.6 Å². The van der Waals surface area contributed by atoms with E-state index in [1.807, 2.05) is 0 Å². The quantitative estimate of drug-likeness (QED) is 0.735. The van der Waals surface area contributed by atoms with Gasteiger partial charge in [-0.3, -0.25) is 10.1 Å². The van der Waals surface area contributed by atoms with Crippen molar-refractivity contribution in [1.29, 1.82) is 0 Å². The van der Waals surface area contributed by atoms with Crippen molar-refractivity contribution in [3.63, 3.8) is 0 Å². The number of carbonyl (C=O) groups is 1. The maximum absolute atomic E-state index is 13.5. The van der Waals surface area contributed by atoms with Crippen LogP contribution in [0.5, 0.6) is 0 Å². The van der Waals surface area contributed by atoms with Gasteiger partial charge in [0.15, 0.2) is 11.5 Å². The van der Waals surface area contributed by atoms with Crippen LogP contribution in [0.2, 0.25) is 0 Å². The Kier molecular flexibility index (Phi) is 2.15. The molecule has 0 aliphatic carbocycles. The third-order valence-corrected chi connectivity index (χ3v) is 2.48. The third kappa shape index (κ3) is 1.34. The number of hydrogen-bond donors (Lipinski definition) is 2. The number of hydrogen-bond acceptors (Lipinski definition) is 3. The van der Waals surface area contributed by atoms with E-state index in [1.54, 1.807) is 0 Å². The predicted molar refractivity (Wildman–Crippen MR) is 53.5 cm³/mol. The van der Waals surface area contributed by atoms with Crippen molar-refractivity contribution in [3.05, 3.63) is 35.4 Å². The van der Waals surface area contributed by atoms with Gasteiger partial charge >= 0.3 is 0 Å². The summed E-state index contributed by atoms with van der Waals surface area (Å²) in [5.74, 6) is -2.43. The molecule has 0 spiro atoms. The van der Waals surface area contributed by atoms with Gasteiger partial charge in [0.25, 0.3) is 5.91 Å². The summed E-state index contributed by atoms with van der Waals surface area (Å²) in [5.41, 5.74) is 3.28. The molecule has 1 aromatic rings. The Hall–Kier alpha value is -1.98. The summed E-state index contributed by atoms with van der Waals surface area (Å²) in [6.07, 6.45) is 0. The number of rotatable bonds is 1. The lowest BCUT2D eigenvalue weighted by Crippen LogP contribution is -2.38. The van der Waals surface area contributed by atoms with Crippen molar-refractivity contribution in [1.82, 2.24) is 5.32 Å². The molecule has 1 aliphatic rings. The van der Waals surface area contributed by atoms with E-state index in [1.165, 1.54) is 13.0 Å². The lowest BCUT2D eigenvalue weighted by atomic mass is 9.91. The molecule has 0 bridgehead atoms. The topological polar surface area (TPSA) is 67.5 Å². The minimum absolute atomic E-state index is 0.143. The van der Waals surface area contributed by atoms with Gasteiger partial charge in [-0.2, -0.15) is 0 Å². The zero-order valence-electron chi connectivity index (χ0n) is 8.42. The summed E-state index contributed by atoms with van der Waals surface area (Å²) in [7, 11) is 0. The largest absolute Gasteiger partial charge is 0.370 e. The van der Waals surface area contributed by atoms with Crippen LogP contribution in [0.3, 0.4) is 0 Å². The van der Waals surface area contributed by atoms with Crippen LogP contribution in [0.15, 0.2) is 23.2 Å². The Morgan fingerprint density at radius 2 is 1.94 bits per heavy atom. The van der Waals surface area contributed by atoms with Crippen molar-refractivity contribution in [2.45, 2.75) is 12.5 Å². The van der Waals surface area contributed by atoms with E-state index in [-0.39, 0.29) is 5.96 Å². The average Bonchev–Trinajstić information content (AvgIpc) is 2.40. The molecule has 1 aliphatic heterocycles. The number of guanidine groups is 1. The molecule has 1 atom stereocenters. The number of carbonyl (C=O) groups excluding carboxylic acids is 1. The molecule has 0 radical (unpaired) electrons. The van der Waals surface area contributed by atoms with Gasteiger partial charge < -0.3 is 5.73 Å². The van der Waals surface area contributed by atoms with Gasteiger partial charge in [0.2, 0.25) is 0 Å². The number of nitrogens with zero attached hydrogens (tertiary/aromatic N) is 1. The van der Waals surface area contributed by atoms with Crippen LogP contribution in [0, 0.1) is 11.6 Å². The number of benzene rings is 1. The van der Waals surface area contributed by atoms with E-state index in [2.05, 4.69) is 10.3 Å². The van der Waals surface area contributed by atoms with Crippen molar-refractivity contribution in [2.75, 3.05) is 0 Å². The molecule has 6 heteroatoms. The Morgan fingerprint density at radius 1 is 1.38 bits per heavy atom. The second-order valence-electron chi connectivity index (χ2n) is 3.62. The van der Waals surface area contributed by atoms with Gasteiger partial charge in [-0.25, -0.2) is 13.8 Å². The first-order valence-corrected chi connectivity index (χ1v) is 4.56. The third-order valence-electron chi connectivity index (χ3n) is 2.48. The highest BCUT2D eigenvalue weighted by Gasteiger charge is 2.44. The highest BCUT2D eigenvalue weighted by Crippen LogP contribution is 2.32. The van der Waals surface area contributed by atoms with Gasteiger partial charge in [-0.05, 0) is 19.1 Å². The summed E-state index contributed by atoms with van der Waals surface area (Å²) in [6, 6.07) is 3.36. The smallest absolute Gasteiger partial charge is 0.259 e. The van der Waals surface area contributed by atoms with Crippen LogP contribution >= 0.6 is 0 Å². The van der Waals surface area contributed by atoms with Crippen molar-refractivity contribution < 1.29 is 13.6 Å². The van der Waals surface area contributed by atoms with E-state index >= 15 is 0 Å². The maximum Gasteiger partial charge on any atom is 0.259 e. The van der Waals surface area contributed by atoms with Gasteiger partial charge in [0, 0.05) is 0 Å². The van der Waals surface area contributed by atoms with E-state index in [9.17, 15) is 13.6 Å². The standard InChI is InChI=1S/C10H9F2N3O/c1-10(8(16)14-9(13)15-10)7-5(11)3-2-4-6(7)12/h2-4H,1H3,(H3,13,14,15,16). The van der Waals surface area contributed by atoms with Crippen LogP contribution in [0.25, 0.3) is 0 Å². The monoisotopic (exact) mass is 225 g/mol. The van der Waals surface area contributed by atoms with Crippen LogP contribution in [-0.2, 0) is 10.3 Å². The van der Waals surface area contributed by atoms with E-state index < -0.39 is 28.6 Å². The van der Waals surface area contributed by atoms with Crippen LogP contribution in [0.1, 0.15) is 12.5 Å². The van der Waals surface area contributed by atoms with Crippen molar-refractivity contribution >= 4 is 11.9 Å². The highest BCUT2D eigenvalue weighted by molar-refractivity contribution is 6.06. The molecule has 16 heavy (non-hydrogen) atoms. The maximum atomic E-state index is 13.5. The molecule has 1 unspecified atom stereocenters. The summed E-state index contributed by atoms with van der Waals surface area (Å²) < 4.78 is 27.0. The Bertz CT molecular complexity index is 481. The molecule has 4 nitrogen and oxygen atoms in total. The number of amides is 1. The lowest BCUT2D eigenvalue weighted by molar-refractivity contribution is -0.123. The summed E-state index contributed by atoms with van der Waals surface area (Å²) in [4.78, 5) is 15.3. The van der Waals surface area contributed by atoms with E-state index in [0.717, 1.165) is 12.1 Å².